The van der Waals surface area contributed by atoms with Crippen molar-refractivity contribution in [1.29, 1.82) is 0 Å². The van der Waals surface area contributed by atoms with Gasteiger partial charge in [-0.2, -0.15) is 0 Å². The second-order valence-corrected chi connectivity index (χ2v) is 7.18. The highest BCUT2D eigenvalue weighted by molar-refractivity contribution is 7.99. The standard InChI is InChI=1S/C20H20FN3O3S/c1-13(11-27-2)24-19(26)16-8-3-4-9-17(16)23-20(24)28-12-18(25)22-15-7-5-6-14(21)10-15/h3-10,13H,11-12H2,1-2H3,(H,22,25). The first kappa shape index (κ1) is 20.0. The first-order valence-electron chi connectivity index (χ1n) is 8.68. The number of carbonyl (C=O) groups excluding carboxylic acids is 1. The molecule has 0 saturated heterocycles. The van der Waals surface area contributed by atoms with Crippen molar-refractivity contribution in [2.75, 3.05) is 24.8 Å². The lowest BCUT2D eigenvalue weighted by molar-refractivity contribution is -0.113. The van der Waals surface area contributed by atoms with E-state index in [1.807, 2.05) is 13.0 Å². The molecule has 1 heterocycles. The number of anilines is 1. The fraction of sp³-hybridized carbons (Fsp3) is 0.250. The minimum Gasteiger partial charge on any atom is -0.383 e. The van der Waals surface area contributed by atoms with Crippen LogP contribution < -0.4 is 10.9 Å². The number of hydrogen-bond donors (Lipinski definition) is 1. The fourth-order valence-electron chi connectivity index (χ4n) is 2.83. The zero-order valence-corrected chi connectivity index (χ0v) is 16.3. The lowest BCUT2D eigenvalue weighted by atomic mass is 10.2. The number of nitrogens with one attached hydrogen (secondary N) is 1. The molecule has 6 nitrogen and oxygen atoms in total. The summed E-state index contributed by atoms with van der Waals surface area (Å²) >= 11 is 1.15. The molecule has 0 aliphatic heterocycles. The second-order valence-electron chi connectivity index (χ2n) is 6.24. The monoisotopic (exact) mass is 401 g/mol. The molecule has 0 aliphatic rings. The van der Waals surface area contributed by atoms with Gasteiger partial charge >= 0.3 is 0 Å². The number of benzene rings is 2. The minimum absolute atomic E-state index is 0.0288. The Morgan fingerprint density at radius 2 is 2.07 bits per heavy atom. The topological polar surface area (TPSA) is 73.2 Å². The molecule has 1 N–H and O–H groups in total. The molecule has 2 aromatic carbocycles. The van der Waals surface area contributed by atoms with E-state index >= 15 is 0 Å². The van der Waals surface area contributed by atoms with Crippen LogP contribution in [0.1, 0.15) is 13.0 Å². The molecule has 1 amide bonds. The van der Waals surface area contributed by atoms with Crippen molar-refractivity contribution in [1.82, 2.24) is 9.55 Å². The zero-order valence-electron chi connectivity index (χ0n) is 15.5. The van der Waals surface area contributed by atoms with Gasteiger partial charge in [0.1, 0.15) is 5.82 Å². The van der Waals surface area contributed by atoms with Crippen molar-refractivity contribution in [2.45, 2.75) is 18.1 Å². The highest BCUT2D eigenvalue weighted by atomic mass is 32.2. The van der Waals surface area contributed by atoms with E-state index in [4.69, 9.17) is 4.74 Å². The van der Waals surface area contributed by atoms with Gasteiger partial charge in [-0.25, -0.2) is 9.37 Å². The van der Waals surface area contributed by atoms with Gasteiger partial charge in [0, 0.05) is 12.8 Å². The van der Waals surface area contributed by atoms with E-state index in [0.717, 1.165) is 11.8 Å². The van der Waals surface area contributed by atoms with Crippen LogP contribution >= 0.6 is 11.8 Å². The van der Waals surface area contributed by atoms with E-state index in [9.17, 15) is 14.0 Å². The normalized spacial score (nSPS) is 12.1. The number of nitrogens with zero attached hydrogens (tertiary/aromatic N) is 2. The van der Waals surface area contributed by atoms with Crippen molar-refractivity contribution in [3.8, 4) is 0 Å². The van der Waals surface area contributed by atoms with Crippen LogP contribution in [0.3, 0.4) is 0 Å². The van der Waals surface area contributed by atoms with Gasteiger partial charge in [0.15, 0.2) is 5.16 Å². The molecule has 1 aromatic heterocycles. The number of thioether (sulfide) groups is 1. The van der Waals surface area contributed by atoms with Crippen LogP contribution in [0.5, 0.6) is 0 Å². The first-order valence-corrected chi connectivity index (χ1v) is 9.66. The third kappa shape index (κ3) is 4.58. The van der Waals surface area contributed by atoms with Crippen LogP contribution in [0, 0.1) is 5.82 Å². The number of rotatable bonds is 7. The molecule has 0 bridgehead atoms. The molecule has 3 rings (SSSR count). The van der Waals surface area contributed by atoms with E-state index in [1.54, 1.807) is 35.9 Å². The molecule has 3 aromatic rings. The molecule has 8 heteroatoms. The quantitative estimate of drug-likeness (QED) is 0.485. The summed E-state index contributed by atoms with van der Waals surface area (Å²) in [4.78, 5) is 29.8. The smallest absolute Gasteiger partial charge is 0.262 e. The van der Waals surface area contributed by atoms with Gasteiger partial charge in [0.25, 0.3) is 5.56 Å². The van der Waals surface area contributed by atoms with Crippen LogP contribution in [0.2, 0.25) is 0 Å². The number of fused-ring (bicyclic) bond motifs is 1. The Morgan fingerprint density at radius 1 is 1.29 bits per heavy atom. The van der Waals surface area contributed by atoms with E-state index < -0.39 is 5.82 Å². The Balaban J connectivity index is 1.85. The highest BCUT2D eigenvalue weighted by Crippen LogP contribution is 2.21. The Hall–Kier alpha value is -2.71. The molecule has 1 unspecified atom stereocenters. The number of hydrogen-bond acceptors (Lipinski definition) is 5. The first-order chi connectivity index (χ1) is 13.5. The largest absolute Gasteiger partial charge is 0.383 e. The van der Waals surface area contributed by atoms with Crippen molar-refractivity contribution >= 4 is 34.3 Å². The average Bonchev–Trinajstić information content (AvgIpc) is 2.66. The Kier molecular flexibility index (Phi) is 6.43. The Labute approximate surface area is 165 Å². The van der Waals surface area contributed by atoms with Crippen LogP contribution in [-0.4, -0.2) is 34.9 Å². The SMILES string of the molecule is COCC(C)n1c(SCC(=O)Nc2cccc(F)c2)nc2ccccc2c1=O. The lowest BCUT2D eigenvalue weighted by Gasteiger charge is -2.18. The molecule has 28 heavy (non-hydrogen) atoms. The summed E-state index contributed by atoms with van der Waals surface area (Å²) in [5.74, 6) is -0.714. The molecule has 146 valence electrons. The third-order valence-electron chi connectivity index (χ3n) is 4.06. The minimum atomic E-state index is -0.427. The van der Waals surface area contributed by atoms with Crippen LogP contribution in [0.4, 0.5) is 10.1 Å². The molecular formula is C20H20FN3O3S. The average molecular weight is 401 g/mol. The van der Waals surface area contributed by atoms with Crippen LogP contribution in [-0.2, 0) is 9.53 Å². The Morgan fingerprint density at radius 3 is 2.82 bits per heavy atom. The maximum absolute atomic E-state index is 13.3. The number of para-hydroxylation sites is 1. The van der Waals surface area contributed by atoms with E-state index in [-0.39, 0.29) is 23.3 Å². The predicted octanol–water partition coefficient (Wildman–Crippen LogP) is 3.47. The summed E-state index contributed by atoms with van der Waals surface area (Å²) in [5.41, 5.74) is 0.770. The van der Waals surface area contributed by atoms with E-state index in [1.165, 1.54) is 18.2 Å². The molecule has 0 saturated carbocycles. The maximum Gasteiger partial charge on any atom is 0.262 e. The summed E-state index contributed by atoms with van der Waals surface area (Å²) < 4.78 is 20.0. The summed E-state index contributed by atoms with van der Waals surface area (Å²) in [6, 6.07) is 12.5. The van der Waals surface area contributed by atoms with Crippen molar-refractivity contribution in [2.24, 2.45) is 0 Å². The summed E-state index contributed by atoms with van der Waals surface area (Å²) in [6.07, 6.45) is 0. The van der Waals surface area contributed by atoms with Gasteiger partial charge in [0.2, 0.25) is 5.91 Å². The molecule has 0 fully saturated rings. The van der Waals surface area contributed by atoms with Crippen molar-refractivity contribution in [3.05, 3.63) is 64.7 Å². The van der Waals surface area contributed by atoms with Gasteiger partial charge in [-0.15, -0.1) is 0 Å². The lowest BCUT2D eigenvalue weighted by Crippen LogP contribution is -2.29. The van der Waals surface area contributed by atoms with Crippen LogP contribution in [0.15, 0.2) is 58.5 Å². The molecule has 0 radical (unpaired) electrons. The summed E-state index contributed by atoms with van der Waals surface area (Å²) in [6.45, 7) is 2.20. The predicted molar refractivity (Wildman–Crippen MR) is 108 cm³/mol. The van der Waals surface area contributed by atoms with Gasteiger partial charge in [-0.05, 0) is 37.3 Å². The van der Waals surface area contributed by atoms with Crippen molar-refractivity contribution in [3.63, 3.8) is 0 Å². The second kappa shape index (κ2) is 8.99. The summed E-state index contributed by atoms with van der Waals surface area (Å²) in [5, 5.41) is 3.58. The van der Waals surface area contributed by atoms with E-state index in [2.05, 4.69) is 10.3 Å². The van der Waals surface area contributed by atoms with Crippen LogP contribution in [0.25, 0.3) is 10.9 Å². The van der Waals surface area contributed by atoms with Gasteiger partial charge in [0.05, 0.1) is 29.3 Å². The maximum atomic E-state index is 13.3. The molecule has 0 aliphatic carbocycles. The van der Waals surface area contributed by atoms with Gasteiger partial charge in [-0.3, -0.25) is 14.2 Å². The number of aromatic nitrogens is 2. The number of ether oxygens (including phenoxy) is 1. The third-order valence-corrected chi connectivity index (χ3v) is 5.02. The fourth-order valence-corrected chi connectivity index (χ4v) is 3.72. The zero-order chi connectivity index (χ0) is 20.1. The van der Waals surface area contributed by atoms with Crippen molar-refractivity contribution < 1.29 is 13.9 Å². The number of amides is 1. The Bertz CT molecular complexity index is 1050. The highest BCUT2D eigenvalue weighted by Gasteiger charge is 2.17. The van der Waals surface area contributed by atoms with E-state index in [0.29, 0.717) is 28.4 Å². The number of carbonyl (C=O) groups is 1. The number of halogens is 1. The summed E-state index contributed by atoms with van der Waals surface area (Å²) in [7, 11) is 1.56. The van der Waals surface area contributed by atoms with Gasteiger partial charge < -0.3 is 10.1 Å². The number of methoxy groups -OCH3 is 1. The van der Waals surface area contributed by atoms with Gasteiger partial charge in [-0.1, -0.05) is 30.0 Å². The molecular weight excluding hydrogens is 381 g/mol. The molecule has 1 atom stereocenters. The molecule has 0 spiro atoms.